The summed E-state index contributed by atoms with van der Waals surface area (Å²) in [5.74, 6) is 0.284. The molecule has 0 aliphatic rings. The number of nitrogens with zero attached hydrogens (tertiary/aromatic N) is 1. The molecular weight excluding hydrogens is 414 g/mol. The molecule has 0 radical (unpaired) electrons. The van der Waals surface area contributed by atoms with E-state index in [-0.39, 0.29) is 23.0 Å². The molecule has 3 aromatic rings. The molecule has 146 valence electrons. The first kappa shape index (κ1) is 20.5. The van der Waals surface area contributed by atoms with E-state index in [0.29, 0.717) is 15.9 Å². The maximum Gasteiger partial charge on any atom is 0.264 e. The lowest BCUT2D eigenvalue weighted by Gasteiger charge is -2.19. The summed E-state index contributed by atoms with van der Waals surface area (Å²) in [6.07, 6.45) is 0. The highest BCUT2D eigenvalue weighted by Gasteiger charge is 2.13. The monoisotopic (exact) mass is 433 g/mol. The third kappa shape index (κ3) is 5.41. The normalized spacial score (nSPS) is 11.3. The molecule has 1 heterocycles. The molecule has 1 amide bonds. The number of hydrogen-bond acceptors (Lipinski definition) is 5. The van der Waals surface area contributed by atoms with Crippen molar-refractivity contribution in [2.75, 3.05) is 11.9 Å². The van der Waals surface area contributed by atoms with Crippen LogP contribution in [0.1, 0.15) is 26.3 Å². The molecule has 0 fully saturated rings. The maximum absolute atomic E-state index is 12.1. The fourth-order valence-electron chi connectivity index (χ4n) is 2.44. The lowest BCUT2D eigenvalue weighted by atomic mass is 9.87. The minimum absolute atomic E-state index is 0.0692. The van der Waals surface area contributed by atoms with Gasteiger partial charge in [-0.15, -0.1) is 0 Å². The van der Waals surface area contributed by atoms with Gasteiger partial charge >= 0.3 is 0 Å². The van der Waals surface area contributed by atoms with E-state index in [1.807, 2.05) is 36.4 Å². The molecule has 0 atom stereocenters. The fourth-order valence-corrected chi connectivity index (χ4v) is 3.86. The summed E-state index contributed by atoms with van der Waals surface area (Å²) in [7, 11) is 0. The number of ether oxygens (including phenoxy) is 1. The second-order valence-corrected chi connectivity index (χ2v) is 9.07. The van der Waals surface area contributed by atoms with Gasteiger partial charge in [0, 0.05) is 5.02 Å². The van der Waals surface area contributed by atoms with Crippen molar-refractivity contribution in [3.63, 3.8) is 0 Å². The molecule has 5 nitrogen and oxygen atoms in total. The van der Waals surface area contributed by atoms with Crippen molar-refractivity contribution in [2.24, 2.45) is 0 Å². The van der Waals surface area contributed by atoms with Gasteiger partial charge in [-0.05, 0) is 53.5 Å². The van der Waals surface area contributed by atoms with Gasteiger partial charge in [-0.3, -0.25) is 10.1 Å². The molecule has 0 aliphatic heterocycles. The Hall–Kier alpha value is -2.22. The zero-order chi connectivity index (χ0) is 20.3. The summed E-state index contributed by atoms with van der Waals surface area (Å²) >= 11 is 12.6. The van der Waals surface area contributed by atoms with Crippen molar-refractivity contribution in [1.82, 2.24) is 10.3 Å². The molecule has 2 aromatic carbocycles. The number of nitrogens with one attached hydrogen (secondary N) is 2. The number of hydrogen-bond donors (Lipinski definition) is 2. The first-order valence-electron chi connectivity index (χ1n) is 8.61. The fraction of sp³-hybridized carbons (Fsp3) is 0.250. The van der Waals surface area contributed by atoms with Gasteiger partial charge in [0.05, 0.1) is 10.2 Å². The molecule has 3 rings (SSSR count). The Bertz CT molecular complexity index is 1010. The van der Waals surface area contributed by atoms with Crippen molar-refractivity contribution in [1.29, 1.82) is 0 Å². The summed E-state index contributed by atoms with van der Waals surface area (Å²) in [6.45, 7) is 6.30. The van der Waals surface area contributed by atoms with Gasteiger partial charge in [0.1, 0.15) is 5.75 Å². The molecule has 2 N–H and O–H groups in total. The van der Waals surface area contributed by atoms with Gasteiger partial charge in [0.25, 0.3) is 5.91 Å². The number of rotatable bonds is 4. The Morgan fingerprint density at radius 1 is 1.21 bits per heavy atom. The van der Waals surface area contributed by atoms with E-state index in [2.05, 4.69) is 36.4 Å². The number of benzene rings is 2. The molecular formula is C20H20ClN3O2S2. The molecule has 0 saturated heterocycles. The van der Waals surface area contributed by atoms with Gasteiger partial charge < -0.3 is 10.1 Å². The Balaban J connectivity index is 1.50. The summed E-state index contributed by atoms with van der Waals surface area (Å²) in [4.78, 5) is 16.5. The number of amides is 1. The molecule has 8 heteroatoms. The number of thiocarbonyl (C=S) groups is 1. The highest BCUT2D eigenvalue weighted by Crippen LogP contribution is 2.28. The zero-order valence-electron chi connectivity index (χ0n) is 15.7. The van der Waals surface area contributed by atoms with E-state index in [4.69, 9.17) is 28.6 Å². The van der Waals surface area contributed by atoms with Crippen LogP contribution in [0.2, 0.25) is 5.02 Å². The summed E-state index contributed by atoms with van der Waals surface area (Å²) < 4.78 is 6.46. The molecule has 0 bridgehead atoms. The minimum atomic E-state index is -0.346. The second-order valence-electron chi connectivity index (χ2n) is 7.20. The molecule has 0 unspecified atom stereocenters. The average Bonchev–Trinajstić information content (AvgIpc) is 3.00. The number of thiazole rings is 1. The highest BCUT2D eigenvalue weighted by atomic mass is 35.5. The van der Waals surface area contributed by atoms with Gasteiger partial charge in [0.2, 0.25) is 0 Å². The number of anilines is 1. The smallest absolute Gasteiger partial charge is 0.264 e. The highest BCUT2D eigenvalue weighted by molar-refractivity contribution is 7.80. The van der Waals surface area contributed by atoms with E-state index in [0.717, 1.165) is 10.2 Å². The largest absolute Gasteiger partial charge is 0.484 e. The van der Waals surface area contributed by atoms with Crippen LogP contribution >= 0.6 is 35.2 Å². The van der Waals surface area contributed by atoms with E-state index in [1.165, 1.54) is 16.9 Å². The molecule has 0 spiro atoms. The number of fused-ring (bicyclic) bond motifs is 1. The van der Waals surface area contributed by atoms with Crippen LogP contribution in [0.3, 0.4) is 0 Å². The lowest BCUT2D eigenvalue weighted by Crippen LogP contribution is -2.37. The van der Waals surface area contributed by atoms with Crippen molar-refractivity contribution >= 4 is 61.5 Å². The second kappa shape index (κ2) is 8.43. The van der Waals surface area contributed by atoms with Crippen molar-refractivity contribution in [3.8, 4) is 5.75 Å². The van der Waals surface area contributed by atoms with Crippen molar-refractivity contribution in [3.05, 3.63) is 53.1 Å². The third-order valence-corrected chi connectivity index (χ3v) is 5.29. The SMILES string of the molecule is CC(C)(C)c1ccc(OCC(=O)NC(=S)Nc2nc3ccc(Cl)cc3s2)cc1. The van der Waals surface area contributed by atoms with Crippen molar-refractivity contribution in [2.45, 2.75) is 26.2 Å². The van der Waals surface area contributed by atoms with Crippen LogP contribution in [0.25, 0.3) is 10.2 Å². The van der Waals surface area contributed by atoms with Gasteiger partial charge in [-0.1, -0.05) is 55.8 Å². The summed E-state index contributed by atoms with van der Waals surface area (Å²) in [5, 5.41) is 6.90. The molecule has 0 saturated carbocycles. The van der Waals surface area contributed by atoms with E-state index < -0.39 is 0 Å². The predicted octanol–water partition coefficient (Wildman–Crippen LogP) is 5.14. The Kier molecular flexibility index (Phi) is 6.17. The number of carbonyl (C=O) groups excluding carboxylic acids is 1. The lowest BCUT2D eigenvalue weighted by molar-refractivity contribution is -0.121. The topological polar surface area (TPSA) is 63.2 Å². The maximum atomic E-state index is 12.1. The van der Waals surface area contributed by atoms with Crippen LogP contribution in [0.5, 0.6) is 5.75 Å². The Labute approximate surface area is 178 Å². The standard InChI is InChI=1S/C20H20ClN3O2S2/c1-20(2,3)12-4-7-14(8-5-12)26-11-17(25)23-18(27)24-19-22-15-9-6-13(21)10-16(15)28-19/h4-10H,11H2,1-3H3,(H2,22,23,24,25,27). The van der Waals surface area contributed by atoms with Crippen molar-refractivity contribution < 1.29 is 9.53 Å². The summed E-state index contributed by atoms with van der Waals surface area (Å²) in [6, 6.07) is 13.2. The first-order valence-corrected chi connectivity index (χ1v) is 10.2. The number of halogens is 1. The Morgan fingerprint density at radius 3 is 2.61 bits per heavy atom. The molecule has 28 heavy (non-hydrogen) atoms. The van der Waals surface area contributed by atoms with E-state index >= 15 is 0 Å². The van der Waals surface area contributed by atoms with E-state index in [1.54, 1.807) is 6.07 Å². The van der Waals surface area contributed by atoms with Gasteiger partial charge in [-0.2, -0.15) is 0 Å². The number of carbonyl (C=O) groups is 1. The van der Waals surface area contributed by atoms with Crippen LogP contribution in [0.4, 0.5) is 5.13 Å². The van der Waals surface area contributed by atoms with Crippen LogP contribution in [0, 0.1) is 0 Å². The quantitative estimate of drug-likeness (QED) is 0.558. The average molecular weight is 434 g/mol. The van der Waals surface area contributed by atoms with Crippen LogP contribution in [-0.2, 0) is 10.2 Å². The van der Waals surface area contributed by atoms with Gasteiger partial charge in [0.15, 0.2) is 16.9 Å². The predicted molar refractivity (Wildman–Crippen MR) is 120 cm³/mol. The van der Waals surface area contributed by atoms with E-state index in [9.17, 15) is 4.79 Å². The summed E-state index contributed by atoms with van der Waals surface area (Å²) in [5.41, 5.74) is 2.08. The Morgan fingerprint density at radius 2 is 1.93 bits per heavy atom. The van der Waals surface area contributed by atoms with Gasteiger partial charge in [-0.25, -0.2) is 4.98 Å². The third-order valence-electron chi connectivity index (χ3n) is 3.91. The molecule has 1 aromatic heterocycles. The van der Waals surface area contributed by atoms with Crippen LogP contribution < -0.4 is 15.4 Å². The van der Waals surface area contributed by atoms with Crippen LogP contribution in [0.15, 0.2) is 42.5 Å². The first-order chi connectivity index (χ1) is 13.2. The number of aromatic nitrogens is 1. The zero-order valence-corrected chi connectivity index (χ0v) is 18.1. The minimum Gasteiger partial charge on any atom is -0.484 e. The van der Waals surface area contributed by atoms with Crippen LogP contribution in [-0.4, -0.2) is 22.6 Å². The molecule has 0 aliphatic carbocycles.